The van der Waals surface area contributed by atoms with Gasteiger partial charge in [0.05, 0.1) is 5.66 Å². The second kappa shape index (κ2) is 6.33. The average Bonchev–Trinajstić information content (AvgIpc) is 2.38. The summed E-state index contributed by atoms with van der Waals surface area (Å²) >= 11 is 0. The van der Waals surface area contributed by atoms with Crippen LogP contribution >= 0.6 is 7.60 Å². The zero-order chi connectivity index (χ0) is 14.8. The van der Waals surface area contributed by atoms with Gasteiger partial charge in [0, 0.05) is 5.92 Å². The molecule has 3 nitrogen and oxygen atoms in total. The molecule has 0 spiro atoms. The highest BCUT2D eigenvalue weighted by atomic mass is 31.2. The molecule has 2 rings (SSSR count). The minimum absolute atomic E-state index is 0.123. The van der Waals surface area contributed by atoms with E-state index in [1.54, 1.807) is 6.07 Å². The predicted octanol–water partition coefficient (Wildman–Crippen LogP) is 3.44. The molecule has 112 valence electrons. The van der Waals surface area contributed by atoms with Gasteiger partial charge in [-0.1, -0.05) is 31.0 Å². The van der Waals surface area contributed by atoms with Crippen LogP contribution in [0.15, 0.2) is 24.3 Å². The molecule has 0 heterocycles. The van der Waals surface area contributed by atoms with Crippen molar-refractivity contribution in [2.75, 3.05) is 0 Å². The molecule has 0 aliphatic heterocycles. The smallest absolute Gasteiger partial charge is 0.324 e. The van der Waals surface area contributed by atoms with Gasteiger partial charge >= 0.3 is 7.60 Å². The van der Waals surface area contributed by atoms with Crippen LogP contribution in [0.1, 0.15) is 31.2 Å². The SMILES string of the molecule is O=P(O)(O)C(Cc1ccccc1F)C1CCCCC1F. The molecule has 1 aromatic rings. The topological polar surface area (TPSA) is 57.5 Å². The first-order chi connectivity index (χ1) is 9.39. The molecule has 6 heteroatoms. The Morgan fingerprint density at radius 3 is 2.50 bits per heavy atom. The number of hydrogen-bond donors (Lipinski definition) is 2. The van der Waals surface area contributed by atoms with E-state index in [2.05, 4.69) is 0 Å². The number of benzene rings is 1. The maximum atomic E-state index is 14.0. The van der Waals surface area contributed by atoms with Crippen LogP contribution < -0.4 is 0 Å². The van der Waals surface area contributed by atoms with Crippen molar-refractivity contribution >= 4 is 7.60 Å². The van der Waals surface area contributed by atoms with Gasteiger partial charge in [0.1, 0.15) is 12.0 Å². The maximum absolute atomic E-state index is 14.0. The summed E-state index contributed by atoms with van der Waals surface area (Å²) < 4.78 is 39.3. The lowest BCUT2D eigenvalue weighted by molar-refractivity contribution is 0.150. The zero-order valence-electron chi connectivity index (χ0n) is 11.1. The van der Waals surface area contributed by atoms with Gasteiger partial charge in [-0.25, -0.2) is 8.78 Å². The minimum atomic E-state index is -4.47. The van der Waals surface area contributed by atoms with Gasteiger partial charge in [0.2, 0.25) is 0 Å². The number of hydrogen-bond acceptors (Lipinski definition) is 1. The fourth-order valence-electron chi connectivity index (χ4n) is 2.96. The fourth-order valence-corrected chi connectivity index (χ4v) is 4.23. The molecule has 1 aliphatic rings. The standard InChI is InChI=1S/C14H19F2O3P/c15-12-7-3-1-5-10(12)9-14(20(17,18)19)11-6-2-4-8-13(11)16/h1,3,5,7,11,13-14H,2,4,6,8-9H2,(H2,17,18,19). The number of halogens is 2. The molecule has 1 saturated carbocycles. The molecule has 1 fully saturated rings. The van der Waals surface area contributed by atoms with Crippen molar-refractivity contribution in [1.82, 2.24) is 0 Å². The molecular formula is C14H19F2O3P. The minimum Gasteiger partial charge on any atom is -0.324 e. The van der Waals surface area contributed by atoms with Crippen LogP contribution in [-0.2, 0) is 11.0 Å². The summed E-state index contributed by atoms with van der Waals surface area (Å²) in [5.74, 6) is -1.19. The van der Waals surface area contributed by atoms with Crippen molar-refractivity contribution in [3.63, 3.8) is 0 Å². The van der Waals surface area contributed by atoms with E-state index in [9.17, 15) is 23.1 Å². The number of rotatable bonds is 4. The molecule has 1 aliphatic carbocycles. The first-order valence-electron chi connectivity index (χ1n) is 6.82. The van der Waals surface area contributed by atoms with Crippen molar-refractivity contribution in [3.05, 3.63) is 35.6 Å². The van der Waals surface area contributed by atoms with Gasteiger partial charge in [-0.2, -0.15) is 0 Å². The monoisotopic (exact) mass is 304 g/mol. The van der Waals surface area contributed by atoms with Crippen molar-refractivity contribution in [2.24, 2.45) is 5.92 Å². The third-order valence-corrected chi connectivity index (χ3v) is 5.47. The summed E-state index contributed by atoms with van der Waals surface area (Å²) in [6.45, 7) is 0. The highest BCUT2D eigenvalue weighted by Gasteiger charge is 2.41. The summed E-state index contributed by atoms with van der Waals surface area (Å²) in [4.78, 5) is 19.0. The lowest BCUT2D eigenvalue weighted by Crippen LogP contribution is -2.33. The van der Waals surface area contributed by atoms with E-state index >= 15 is 0 Å². The van der Waals surface area contributed by atoms with Gasteiger partial charge in [0.25, 0.3) is 0 Å². The Balaban J connectivity index is 2.25. The van der Waals surface area contributed by atoms with Crippen LogP contribution in [0.2, 0.25) is 0 Å². The summed E-state index contributed by atoms with van der Waals surface area (Å²) in [5, 5.41) is 0. The normalized spacial score (nSPS) is 25.4. The van der Waals surface area contributed by atoms with E-state index in [0.717, 1.165) is 12.8 Å². The van der Waals surface area contributed by atoms with E-state index < -0.39 is 31.2 Å². The van der Waals surface area contributed by atoms with Crippen LogP contribution in [0.25, 0.3) is 0 Å². The van der Waals surface area contributed by atoms with E-state index in [1.807, 2.05) is 0 Å². The summed E-state index contributed by atoms with van der Waals surface area (Å²) in [6, 6.07) is 5.88. The first kappa shape index (κ1) is 15.6. The second-order valence-electron chi connectivity index (χ2n) is 5.42. The van der Waals surface area contributed by atoms with Crippen molar-refractivity contribution in [1.29, 1.82) is 0 Å². The zero-order valence-corrected chi connectivity index (χ0v) is 12.0. The lowest BCUT2D eigenvalue weighted by atomic mass is 9.83. The third-order valence-electron chi connectivity index (χ3n) is 4.05. The largest absolute Gasteiger partial charge is 0.329 e. The van der Waals surface area contributed by atoms with E-state index in [-0.39, 0.29) is 12.0 Å². The van der Waals surface area contributed by atoms with E-state index in [1.165, 1.54) is 18.2 Å². The van der Waals surface area contributed by atoms with Crippen molar-refractivity contribution in [3.8, 4) is 0 Å². The molecule has 0 amide bonds. The van der Waals surface area contributed by atoms with Crippen molar-refractivity contribution < 1.29 is 23.1 Å². The summed E-state index contributed by atoms with van der Waals surface area (Å²) in [6.07, 6.45) is 0.948. The summed E-state index contributed by atoms with van der Waals surface area (Å²) in [5.41, 5.74) is -0.909. The molecule has 0 radical (unpaired) electrons. The second-order valence-corrected chi connectivity index (χ2v) is 7.26. The average molecular weight is 304 g/mol. The van der Waals surface area contributed by atoms with Crippen LogP contribution in [0.4, 0.5) is 8.78 Å². The van der Waals surface area contributed by atoms with Gasteiger partial charge in [-0.3, -0.25) is 4.57 Å². The Morgan fingerprint density at radius 2 is 1.90 bits per heavy atom. The molecule has 20 heavy (non-hydrogen) atoms. The van der Waals surface area contributed by atoms with Crippen LogP contribution in [0.5, 0.6) is 0 Å². The van der Waals surface area contributed by atoms with Gasteiger partial charge in [-0.15, -0.1) is 0 Å². The van der Waals surface area contributed by atoms with Crippen LogP contribution in [-0.4, -0.2) is 21.6 Å². The quantitative estimate of drug-likeness (QED) is 0.838. The molecule has 0 saturated heterocycles. The van der Waals surface area contributed by atoms with E-state index in [4.69, 9.17) is 0 Å². The molecule has 0 bridgehead atoms. The first-order valence-corrected chi connectivity index (χ1v) is 8.50. The maximum Gasteiger partial charge on any atom is 0.329 e. The molecule has 1 aromatic carbocycles. The van der Waals surface area contributed by atoms with Gasteiger partial charge in [-0.05, 0) is 30.9 Å². The summed E-state index contributed by atoms with van der Waals surface area (Å²) in [7, 11) is -4.47. The highest BCUT2D eigenvalue weighted by Crippen LogP contribution is 2.50. The predicted molar refractivity (Wildman–Crippen MR) is 72.8 cm³/mol. The molecule has 2 N–H and O–H groups in total. The van der Waals surface area contributed by atoms with E-state index in [0.29, 0.717) is 12.8 Å². The van der Waals surface area contributed by atoms with Gasteiger partial charge < -0.3 is 9.79 Å². The Kier molecular flexibility index (Phi) is 4.95. The Hall–Kier alpha value is -0.770. The molecule has 3 unspecified atom stereocenters. The molecule has 3 atom stereocenters. The Labute approximate surface area is 117 Å². The lowest BCUT2D eigenvalue weighted by Gasteiger charge is -2.33. The Morgan fingerprint density at radius 1 is 1.25 bits per heavy atom. The van der Waals surface area contributed by atoms with Gasteiger partial charge in [0.15, 0.2) is 0 Å². The highest BCUT2D eigenvalue weighted by molar-refractivity contribution is 7.52. The Bertz CT molecular complexity index is 503. The molecule has 0 aromatic heterocycles. The molecular weight excluding hydrogens is 285 g/mol. The number of alkyl halides is 1. The third kappa shape index (κ3) is 3.66. The van der Waals surface area contributed by atoms with Crippen LogP contribution in [0, 0.1) is 11.7 Å². The fraction of sp³-hybridized carbons (Fsp3) is 0.571. The van der Waals surface area contributed by atoms with Crippen LogP contribution in [0.3, 0.4) is 0 Å². The van der Waals surface area contributed by atoms with Crippen molar-refractivity contribution in [2.45, 2.75) is 43.9 Å².